The fourth-order valence-corrected chi connectivity index (χ4v) is 1.89. The lowest BCUT2D eigenvalue weighted by molar-refractivity contribution is 0.269. The molecule has 0 aromatic heterocycles. The number of hydrogen-bond acceptors (Lipinski definition) is 2. The molecule has 0 aliphatic rings. The van der Waals surface area contributed by atoms with Gasteiger partial charge in [0.2, 0.25) is 0 Å². The van der Waals surface area contributed by atoms with Gasteiger partial charge < -0.3 is 9.84 Å². The van der Waals surface area contributed by atoms with Crippen LogP contribution in [0.15, 0.2) is 6.07 Å². The quantitative estimate of drug-likeness (QED) is 0.869. The second kappa shape index (κ2) is 4.81. The van der Waals surface area contributed by atoms with Gasteiger partial charge in [-0.05, 0) is 18.6 Å². The van der Waals surface area contributed by atoms with Gasteiger partial charge in [-0.1, -0.05) is 18.5 Å². The Balaban J connectivity index is 3.43. The van der Waals surface area contributed by atoms with E-state index in [1.807, 2.05) is 0 Å². The molecule has 1 atom stereocenters. The Morgan fingerprint density at radius 1 is 1.60 bits per heavy atom. The van der Waals surface area contributed by atoms with Crippen LogP contribution in [0.2, 0.25) is 5.02 Å². The predicted molar refractivity (Wildman–Crippen MR) is 58.2 cm³/mol. The highest BCUT2D eigenvalue weighted by molar-refractivity contribution is 6.31. The topological polar surface area (TPSA) is 29.5 Å². The number of aliphatic hydroxyl groups excluding tert-OH is 1. The Labute approximate surface area is 93.6 Å². The molecule has 1 unspecified atom stereocenters. The van der Waals surface area contributed by atoms with Crippen molar-refractivity contribution in [1.82, 2.24) is 0 Å². The molecular weight excluding hydrogens is 219 g/mol. The third kappa shape index (κ3) is 2.24. The van der Waals surface area contributed by atoms with E-state index in [-0.39, 0.29) is 17.5 Å². The zero-order chi connectivity index (χ0) is 11.6. The third-order valence-electron chi connectivity index (χ3n) is 2.36. The van der Waals surface area contributed by atoms with E-state index in [9.17, 15) is 4.39 Å². The van der Waals surface area contributed by atoms with Crippen LogP contribution in [0, 0.1) is 12.7 Å². The van der Waals surface area contributed by atoms with E-state index in [1.165, 1.54) is 13.2 Å². The lowest BCUT2D eigenvalue weighted by Gasteiger charge is -2.17. The minimum absolute atomic E-state index is 0.0269. The number of hydrogen-bond donors (Lipinski definition) is 1. The van der Waals surface area contributed by atoms with Gasteiger partial charge >= 0.3 is 0 Å². The molecule has 0 bridgehead atoms. The van der Waals surface area contributed by atoms with Crippen LogP contribution in [0.4, 0.5) is 4.39 Å². The number of aryl methyl sites for hydroxylation is 1. The first-order valence-corrected chi connectivity index (χ1v) is 5.04. The van der Waals surface area contributed by atoms with Crippen molar-refractivity contribution in [1.29, 1.82) is 0 Å². The molecule has 15 heavy (non-hydrogen) atoms. The second-order valence-corrected chi connectivity index (χ2v) is 3.90. The number of methoxy groups -OCH3 is 1. The largest absolute Gasteiger partial charge is 0.496 e. The summed E-state index contributed by atoms with van der Waals surface area (Å²) in [7, 11) is 1.50. The maximum absolute atomic E-state index is 13.4. The summed E-state index contributed by atoms with van der Waals surface area (Å²) in [6, 6.07) is 1.33. The van der Waals surface area contributed by atoms with Crippen LogP contribution in [0.1, 0.15) is 24.0 Å². The van der Waals surface area contributed by atoms with Crippen molar-refractivity contribution < 1.29 is 14.2 Å². The average molecular weight is 233 g/mol. The normalized spacial score (nSPS) is 12.7. The molecule has 0 saturated heterocycles. The third-order valence-corrected chi connectivity index (χ3v) is 2.75. The predicted octanol–water partition coefficient (Wildman–Crippen LogP) is 2.89. The first kappa shape index (κ1) is 12.3. The van der Waals surface area contributed by atoms with Crippen molar-refractivity contribution in [3.63, 3.8) is 0 Å². The first-order chi connectivity index (χ1) is 7.02. The molecule has 0 fully saturated rings. The Morgan fingerprint density at radius 2 is 2.20 bits per heavy atom. The van der Waals surface area contributed by atoms with Gasteiger partial charge in [-0.25, -0.2) is 4.39 Å². The lowest BCUT2D eigenvalue weighted by atomic mass is 9.98. The van der Waals surface area contributed by atoms with E-state index in [2.05, 4.69) is 0 Å². The Hall–Kier alpha value is -0.800. The molecule has 2 nitrogen and oxygen atoms in total. The van der Waals surface area contributed by atoms with Crippen molar-refractivity contribution in [2.75, 3.05) is 13.7 Å². The molecule has 0 aliphatic heterocycles. The van der Waals surface area contributed by atoms with Crippen LogP contribution in [0.3, 0.4) is 0 Å². The van der Waals surface area contributed by atoms with Gasteiger partial charge in [-0.2, -0.15) is 0 Å². The second-order valence-electron chi connectivity index (χ2n) is 3.52. The molecule has 84 valence electrons. The molecule has 0 spiro atoms. The monoisotopic (exact) mass is 232 g/mol. The van der Waals surface area contributed by atoms with E-state index in [0.717, 1.165) is 0 Å². The van der Waals surface area contributed by atoms with Gasteiger partial charge in [0.25, 0.3) is 0 Å². The highest BCUT2D eigenvalue weighted by Crippen LogP contribution is 2.37. The van der Waals surface area contributed by atoms with Crippen LogP contribution in [0.25, 0.3) is 0 Å². The van der Waals surface area contributed by atoms with Gasteiger partial charge in [-0.3, -0.25) is 0 Å². The maximum Gasteiger partial charge on any atom is 0.142 e. The number of ether oxygens (including phenoxy) is 1. The van der Waals surface area contributed by atoms with Crippen LogP contribution >= 0.6 is 11.6 Å². The standard InChI is InChI=1S/C11H14ClFO2/c1-6-4-8(13)10(12)9(7(2)5-14)11(6)15-3/h4,7,14H,5H2,1-3H3. The number of rotatable bonds is 3. The van der Waals surface area contributed by atoms with E-state index >= 15 is 0 Å². The molecule has 1 rings (SSSR count). The number of halogens is 2. The minimum Gasteiger partial charge on any atom is -0.496 e. The van der Waals surface area contributed by atoms with E-state index in [4.69, 9.17) is 21.4 Å². The molecule has 0 amide bonds. The highest BCUT2D eigenvalue weighted by Gasteiger charge is 2.20. The summed E-state index contributed by atoms with van der Waals surface area (Å²) in [4.78, 5) is 0. The van der Waals surface area contributed by atoms with Gasteiger partial charge in [0.05, 0.1) is 12.1 Å². The van der Waals surface area contributed by atoms with Crippen LogP contribution < -0.4 is 4.74 Å². The van der Waals surface area contributed by atoms with E-state index in [0.29, 0.717) is 16.9 Å². The van der Waals surface area contributed by atoms with E-state index < -0.39 is 5.82 Å². The summed E-state index contributed by atoms with van der Waals surface area (Å²) in [6.07, 6.45) is 0. The Kier molecular flexibility index (Phi) is 3.94. The van der Waals surface area contributed by atoms with Gasteiger partial charge in [0.1, 0.15) is 11.6 Å². The molecule has 0 radical (unpaired) electrons. The molecule has 1 aromatic carbocycles. The molecule has 0 heterocycles. The summed E-state index contributed by atoms with van der Waals surface area (Å²) in [5.41, 5.74) is 1.20. The molecule has 1 aromatic rings. The van der Waals surface area contributed by atoms with Crippen molar-refractivity contribution in [2.45, 2.75) is 19.8 Å². The van der Waals surface area contributed by atoms with Crippen LogP contribution in [-0.2, 0) is 0 Å². The van der Waals surface area contributed by atoms with Gasteiger partial charge in [0.15, 0.2) is 0 Å². The Bertz CT molecular complexity index is 366. The lowest BCUT2D eigenvalue weighted by Crippen LogP contribution is -2.05. The molecule has 0 saturated carbocycles. The molecule has 1 N–H and O–H groups in total. The minimum atomic E-state index is -0.481. The molecule has 0 aliphatic carbocycles. The smallest absolute Gasteiger partial charge is 0.142 e. The fourth-order valence-electron chi connectivity index (χ4n) is 1.56. The van der Waals surface area contributed by atoms with Gasteiger partial charge in [0, 0.05) is 18.1 Å². The van der Waals surface area contributed by atoms with Crippen molar-refractivity contribution in [2.24, 2.45) is 0 Å². The summed E-state index contributed by atoms with van der Waals surface area (Å²) in [6.45, 7) is 3.41. The van der Waals surface area contributed by atoms with E-state index in [1.54, 1.807) is 13.8 Å². The zero-order valence-electron chi connectivity index (χ0n) is 8.97. The summed E-state index contributed by atoms with van der Waals surface area (Å²) in [5, 5.41) is 9.10. The summed E-state index contributed by atoms with van der Waals surface area (Å²) >= 11 is 5.86. The molecule has 4 heteroatoms. The zero-order valence-corrected chi connectivity index (χ0v) is 9.73. The van der Waals surface area contributed by atoms with Crippen molar-refractivity contribution in [3.8, 4) is 5.75 Å². The SMILES string of the molecule is COc1c(C)cc(F)c(Cl)c1C(C)CO. The van der Waals surface area contributed by atoms with Crippen LogP contribution in [-0.4, -0.2) is 18.8 Å². The highest BCUT2D eigenvalue weighted by atomic mass is 35.5. The number of benzene rings is 1. The van der Waals surface area contributed by atoms with Crippen LogP contribution in [0.5, 0.6) is 5.75 Å². The Morgan fingerprint density at radius 3 is 2.67 bits per heavy atom. The summed E-state index contributed by atoms with van der Waals surface area (Å²) < 4.78 is 18.6. The fraction of sp³-hybridized carbons (Fsp3) is 0.455. The van der Waals surface area contributed by atoms with Crippen molar-refractivity contribution >= 4 is 11.6 Å². The van der Waals surface area contributed by atoms with Gasteiger partial charge in [-0.15, -0.1) is 0 Å². The maximum atomic E-state index is 13.4. The van der Waals surface area contributed by atoms with Crippen molar-refractivity contribution in [3.05, 3.63) is 28.0 Å². The first-order valence-electron chi connectivity index (χ1n) is 4.66. The average Bonchev–Trinajstić information content (AvgIpc) is 2.21. The molecular formula is C11H14ClFO2. The number of aliphatic hydroxyl groups is 1. The summed E-state index contributed by atoms with van der Waals surface area (Å²) in [5.74, 6) is -0.185.